The molecule has 0 unspecified atom stereocenters. The minimum absolute atomic E-state index is 0.101. The number of thioether (sulfide) groups is 1. The van der Waals surface area contributed by atoms with Gasteiger partial charge in [0.05, 0.1) is 17.1 Å². The van der Waals surface area contributed by atoms with Gasteiger partial charge in [0.15, 0.2) is 0 Å². The number of fused-ring (bicyclic) bond motifs is 3. The molecule has 1 fully saturated rings. The van der Waals surface area contributed by atoms with Crippen LogP contribution in [0.15, 0.2) is 48.5 Å². The molecule has 4 rings (SSSR count). The number of hydrogen-bond donors (Lipinski definition) is 2. The number of ether oxygens (including phenoxy) is 2. The lowest BCUT2D eigenvalue weighted by Crippen LogP contribution is -2.58. The van der Waals surface area contributed by atoms with Crippen LogP contribution < -0.4 is 5.32 Å². The number of benzene rings is 2. The molecule has 37 heavy (non-hydrogen) atoms. The summed E-state index contributed by atoms with van der Waals surface area (Å²) in [7, 11) is 0. The van der Waals surface area contributed by atoms with E-state index in [1.54, 1.807) is 13.8 Å². The normalized spacial score (nSPS) is 19.2. The van der Waals surface area contributed by atoms with Gasteiger partial charge in [-0.3, -0.25) is 4.79 Å². The topological polar surface area (TPSA) is 105 Å². The van der Waals surface area contributed by atoms with Crippen LogP contribution in [-0.4, -0.2) is 69.5 Å². The van der Waals surface area contributed by atoms with Gasteiger partial charge < -0.3 is 24.8 Å². The molecule has 8 nitrogen and oxygen atoms in total. The van der Waals surface area contributed by atoms with Crippen molar-refractivity contribution >= 4 is 29.7 Å². The molecule has 0 saturated carbocycles. The molecule has 1 aliphatic carbocycles. The van der Waals surface area contributed by atoms with E-state index in [0.717, 1.165) is 22.3 Å². The fourth-order valence-electron chi connectivity index (χ4n) is 4.86. The first kappa shape index (κ1) is 27.0. The van der Waals surface area contributed by atoms with Crippen molar-refractivity contribution in [2.75, 3.05) is 19.0 Å². The van der Waals surface area contributed by atoms with Crippen LogP contribution in [0.1, 0.15) is 51.7 Å². The Bertz CT molecular complexity index is 1150. The number of nitrogens with zero attached hydrogens (tertiary/aromatic N) is 1. The monoisotopic (exact) mass is 526 g/mol. The standard InChI is InChI=1S/C28H34N2O6S/c1-27(2,3)36-15-22(24(31)30-23(25(32)33)16-37-28(30,4)5)29-26(34)35-14-21-19-12-8-6-10-17(19)18-11-7-9-13-20(18)21/h6-13,21-23H,14-16H2,1-5H3,(H,29,34)(H,32,33)/t22-,23-/m0/s1. The number of amides is 2. The van der Waals surface area contributed by atoms with E-state index in [1.807, 2.05) is 57.2 Å². The summed E-state index contributed by atoms with van der Waals surface area (Å²) >= 11 is 1.39. The van der Waals surface area contributed by atoms with E-state index in [4.69, 9.17) is 9.47 Å². The van der Waals surface area contributed by atoms with Gasteiger partial charge in [0.25, 0.3) is 0 Å². The Morgan fingerprint density at radius 3 is 2.19 bits per heavy atom. The highest BCUT2D eigenvalue weighted by Crippen LogP contribution is 2.44. The van der Waals surface area contributed by atoms with Gasteiger partial charge in [0.2, 0.25) is 5.91 Å². The number of carboxylic acid groups (broad SMARTS) is 1. The van der Waals surface area contributed by atoms with Gasteiger partial charge in [-0.25, -0.2) is 9.59 Å². The first-order chi connectivity index (χ1) is 17.4. The molecular weight excluding hydrogens is 492 g/mol. The molecule has 2 aromatic rings. The first-order valence-corrected chi connectivity index (χ1v) is 13.3. The van der Waals surface area contributed by atoms with Gasteiger partial charge in [0.1, 0.15) is 18.7 Å². The van der Waals surface area contributed by atoms with Crippen LogP contribution >= 0.6 is 11.8 Å². The van der Waals surface area contributed by atoms with Crippen LogP contribution in [0.25, 0.3) is 11.1 Å². The van der Waals surface area contributed by atoms with E-state index in [2.05, 4.69) is 17.4 Å². The number of rotatable bonds is 7. The summed E-state index contributed by atoms with van der Waals surface area (Å²) < 4.78 is 11.5. The molecule has 1 aliphatic heterocycles. The summed E-state index contributed by atoms with van der Waals surface area (Å²) in [6.45, 7) is 9.12. The second-order valence-corrected chi connectivity index (χ2v) is 12.4. The predicted molar refractivity (Wildman–Crippen MR) is 143 cm³/mol. The van der Waals surface area contributed by atoms with E-state index in [9.17, 15) is 19.5 Å². The zero-order chi connectivity index (χ0) is 27.0. The Hall–Kier alpha value is -3.04. The van der Waals surface area contributed by atoms with Gasteiger partial charge in [-0.05, 0) is 56.9 Å². The molecule has 2 aliphatic rings. The smallest absolute Gasteiger partial charge is 0.407 e. The van der Waals surface area contributed by atoms with E-state index in [0.29, 0.717) is 0 Å². The molecule has 0 bridgehead atoms. The SMILES string of the molecule is CC(C)(C)OC[C@H](NC(=O)OCC1c2ccccc2-c2ccccc21)C(=O)N1[C@H](C(=O)O)CSC1(C)C. The summed E-state index contributed by atoms with van der Waals surface area (Å²) in [4.78, 5) is 39.0. The summed E-state index contributed by atoms with van der Waals surface area (Å²) in [6, 6.07) is 14.0. The van der Waals surface area contributed by atoms with Gasteiger partial charge in [-0.2, -0.15) is 0 Å². The van der Waals surface area contributed by atoms with E-state index < -0.39 is 40.5 Å². The number of carbonyl (C=O) groups is 3. The lowest BCUT2D eigenvalue weighted by atomic mass is 9.98. The third kappa shape index (κ3) is 5.78. The summed E-state index contributed by atoms with van der Waals surface area (Å²) in [5.74, 6) is -1.45. The Balaban J connectivity index is 1.50. The molecule has 2 N–H and O–H groups in total. The molecule has 0 spiro atoms. The van der Waals surface area contributed by atoms with Gasteiger partial charge in [0, 0.05) is 11.7 Å². The van der Waals surface area contributed by atoms with Crippen LogP contribution in [0.5, 0.6) is 0 Å². The Kier molecular flexibility index (Phi) is 7.57. The molecule has 2 amide bonds. The Morgan fingerprint density at radius 2 is 1.65 bits per heavy atom. The molecule has 198 valence electrons. The van der Waals surface area contributed by atoms with Crippen LogP contribution in [0.2, 0.25) is 0 Å². The maximum atomic E-state index is 13.6. The minimum Gasteiger partial charge on any atom is -0.480 e. The second kappa shape index (κ2) is 10.4. The molecule has 9 heteroatoms. The maximum absolute atomic E-state index is 13.6. The van der Waals surface area contributed by atoms with Crippen molar-refractivity contribution < 1.29 is 29.0 Å². The van der Waals surface area contributed by atoms with E-state index >= 15 is 0 Å². The number of nitrogens with one attached hydrogen (secondary N) is 1. The summed E-state index contributed by atoms with van der Waals surface area (Å²) in [5, 5.41) is 12.4. The molecular formula is C28H34N2O6S. The maximum Gasteiger partial charge on any atom is 0.407 e. The largest absolute Gasteiger partial charge is 0.480 e. The van der Waals surface area contributed by atoms with E-state index in [-0.39, 0.29) is 24.9 Å². The van der Waals surface area contributed by atoms with Crippen LogP contribution in [-0.2, 0) is 19.1 Å². The lowest BCUT2D eigenvalue weighted by molar-refractivity contribution is -0.153. The number of aliphatic carboxylic acids is 1. The molecule has 1 saturated heterocycles. The van der Waals surface area contributed by atoms with Crippen molar-refractivity contribution in [1.82, 2.24) is 10.2 Å². The van der Waals surface area contributed by atoms with Crippen LogP contribution in [0, 0.1) is 0 Å². The molecule has 2 aromatic carbocycles. The molecule has 0 radical (unpaired) electrons. The Morgan fingerprint density at radius 1 is 1.08 bits per heavy atom. The highest BCUT2D eigenvalue weighted by atomic mass is 32.2. The van der Waals surface area contributed by atoms with Crippen molar-refractivity contribution in [3.05, 3.63) is 59.7 Å². The number of hydrogen-bond acceptors (Lipinski definition) is 6. The highest BCUT2D eigenvalue weighted by Gasteiger charge is 2.48. The summed E-state index contributed by atoms with van der Waals surface area (Å²) in [5.41, 5.74) is 3.84. The molecule has 1 heterocycles. The van der Waals surface area contributed by atoms with Gasteiger partial charge >= 0.3 is 12.1 Å². The third-order valence-electron chi connectivity index (χ3n) is 6.63. The average molecular weight is 527 g/mol. The summed E-state index contributed by atoms with van der Waals surface area (Å²) in [6.07, 6.45) is -0.755. The zero-order valence-electron chi connectivity index (χ0n) is 21.8. The molecule has 2 atom stereocenters. The first-order valence-electron chi connectivity index (χ1n) is 12.3. The average Bonchev–Trinajstić information content (AvgIpc) is 3.33. The third-order valence-corrected chi connectivity index (χ3v) is 8.01. The second-order valence-electron chi connectivity index (χ2n) is 10.8. The zero-order valence-corrected chi connectivity index (χ0v) is 22.6. The van der Waals surface area contributed by atoms with Crippen LogP contribution in [0.3, 0.4) is 0 Å². The van der Waals surface area contributed by atoms with Crippen molar-refractivity contribution in [3.8, 4) is 11.1 Å². The molecule has 0 aromatic heterocycles. The fourth-order valence-corrected chi connectivity index (χ4v) is 6.07. The number of carboxylic acids is 1. The Labute approximate surface area is 221 Å². The van der Waals surface area contributed by atoms with Gasteiger partial charge in [-0.1, -0.05) is 48.5 Å². The van der Waals surface area contributed by atoms with Crippen molar-refractivity contribution in [3.63, 3.8) is 0 Å². The van der Waals surface area contributed by atoms with Crippen molar-refractivity contribution in [2.45, 2.75) is 63.1 Å². The van der Waals surface area contributed by atoms with Gasteiger partial charge in [-0.15, -0.1) is 11.8 Å². The van der Waals surface area contributed by atoms with Crippen LogP contribution in [0.4, 0.5) is 4.79 Å². The quantitative estimate of drug-likeness (QED) is 0.548. The van der Waals surface area contributed by atoms with Crippen molar-refractivity contribution in [1.29, 1.82) is 0 Å². The highest BCUT2D eigenvalue weighted by molar-refractivity contribution is 8.00. The number of alkyl carbamates (subject to hydrolysis) is 1. The predicted octanol–water partition coefficient (Wildman–Crippen LogP) is 4.47. The van der Waals surface area contributed by atoms with Crippen molar-refractivity contribution in [2.24, 2.45) is 0 Å². The minimum atomic E-state index is -1.10. The fraction of sp³-hybridized carbons (Fsp3) is 0.464. The lowest BCUT2D eigenvalue weighted by Gasteiger charge is -2.36. The van der Waals surface area contributed by atoms with E-state index in [1.165, 1.54) is 16.7 Å². The number of carbonyl (C=O) groups excluding carboxylic acids is 2.